The van der Waals surface area contributed by atoms with Crippen molar-refractivity contribution < 1.29 is 28.5 Å². The molecule has 2 aromatic rings. The van der Waals surface area contributed by atoms with Crippen LogP contribution in [0, 0.1) is 11.3 Å². The highest BCUT2D eigenvalue weighted by molar-refractivity contribution is 5.98. The Bertz CT molecular complexity index is 1020. The van der Waals surface area contributed by atoms with Gasteiger partial charge in [0.1, 0.15) is 17.4 Å². The summed E-state index contributed by atoms with van der Waals surface area (Å²) >= 11 is 0. The number of nitriles is 1. The molecular formula is C24H23NO6. The molecule has 0 amide bonds. The van der Waals surface area contributed by atoms with Crippen molar-refractivity contribution in [1.82, 2.24) is 0 Å². The van der Waals surface area contributed by atoms with Crippen LogP contribution in [0.1, 0.15) is 24.5 Å². The topological polar surface area (TPSA) is 94.9 Å². The van der Waals surface area contributed by atoms with Crippen LogP contribution in [0.25, 0.3) is 12.2 Å². The smallest absolute Gasteiger partial charge is 0.348 e. The molecule has 0 fully saturated rings. The molecule has 31 heavy (non-hydrogen) atoms. The van der Waals surface area contributed by atoms with Crippen molar-refractivity contribution in [2.45, 2.75) is 13.3 Å². The van der Waals surface area contributed by atoms with Gasteiger partial charge in [-0.15, -0.1) is 0 Å². The number of hydrogen-bond acceptors (Lipinski definition) is 7. The van der Waals surface area contributed by atoms with E-state index in [0.717, 1.165) is 17.7 Å². The SMILES string of the molecule is CCCOc1ccc(/C=C/C(=O)Oc2ccc(/C=C(\C#N)C(=O)OC)cc2OC)cc1. The molecule has 0 atom stereocenters. The Morgan fingerprint density at radius 2 is 1.74 bits per heavy atom. The van der Waals surface area contributed by atoms with Gasteiger partial charge in [0.25, 0.3) is 0 Å². The van der Waals surface area contributed by atoms with Gasteiger partial charge in [0, 0.05) is 6.08 Å². The van der Waals surface area contributed by atoms with Crippen LogP contribution in [-0.2, 0) is 14.3 Å². The van der Waals surface area contributed by atoms with Crippen LogP contribution in [0.3, 0.4) is 0 Å². The van der Waals surface area contributed by atoms with Crippen LogP contribution in [0.2, 0.25) is 0 Å². The fraction of sp³-hybridized carbons (Fsp3) is 0.208. The molecule has 7 heteroatoms. The molecule has 0 unspecified atom stereocenters. The molecule has 0 bridgehead atoms. The maximum atomic E-state index is 12.2. The average molecular weight is 421 g/mol. The van der Waals surface area contributed by atoms with Crippen LogP contribution < -0.4 is 14.2 Å². The third-order valence-corrected chi connectivity index (χ3v) is 4.00. The maximum Gasteiger partial charge on any atom is 0.348 e. The Labute approximate surface area is 181 Å². The highest BCUT2D eigenvalue weighted by atomic mass is 16.6. The molecule has 0 spiro atoms. The molecule has 0 saturated carbocycles. The second kappa shape index (κ2) is 11.8. The second-order valence-corrected chi connectivity index (χ2v) is 6.24. The molecule has 0 aliphatic heterocycles. The standard InChI is InChI=1S/C24H23NO6/c1-4-13-30-20-9-5-17(6-10-20)8-12-23(26)31-21-11-7-18(15-22(21)28-2)14-19(16-25)24(27)29-3/h5-12,14-15H,4,13H2,1-3H3/b12-8+,19-14+. The molecule has 0 N–H and O–H groups in total. The fourth-order valence-corrected chi connectivity index (χ4v) is 2.47. The lowest BCUT2D eigenvalue weighted by Crippen LogP contribution is -2.05. The van der Waals surface area contributed by atoms with Gasteiger partial charge in [-0.25, -0.2) is 9.59 Å². The lowest BCUT2D eigenvalue weighted by Gasteiger charge is -2.09. The number of rotatable bonds is 9. The van der Waals surface area contributed by atoms with Crippen LogP contribution in [-0.4, -0.2) is 32.8 Å². The zero-order chi connectivity index (χ0) is 22.6. The number of ether oxygens (including phenoxy) is 4. The quantitative estimate of drug-likeness (QED) is 0.259. The maximum absolute atomic E-state index is 12.2. The summed E-state index contributed by atoms with van der Waals surface area (Å²) in [6, 6.07) is 13.8. The van der Waals surface area contributed by atoms with Crippen molar-refractivity contribution in [3.63, 3.8) is 0 Å². The summed E-state index contributed by atoms with van der Waals surface area (Å²) in [5.74, 6) is -0.0799. The zero-order valence-electron chi connectivity index (χ0n) is 17.6. The summed E-state index contributed by atoms with van der Waals surface area (Å²) in [6.07, 6.45) is 5.22. The second-order valence-electron chi connectivity index (χ2n) is 6.24. The van der Waals surface area contributed by atoms with E-state index in [1.807, 2.05) is 31.2 Å². The lowest BCUT2D eigenvalue weighted by atomic mass is 10.1. The number of esters is 2. The Hall–Kier alpha value is -4.05. The first kappa shape index (κ1) is 23.2. The van der Waals surface area contributed by atoms with Crippen molar-refractivity contribution in [2.75, 3.05) is 20.8 Å². The van der Waals surface area contributed by atoms with Crippen molar-refractivity contribution >= 4 is 24.1 Å². The van der Waals surface area contributed by atoms with E-state index in [1.54, 1.807) is 24.3 Å². The van der Waals surface area contributed by atoms with Crippen molar-refractivity contribution in [3.8, 4) is 23.3 Å². The van der Waals surface area contributed by atoms with Crippen molar-refractivity contribution in [1.29, 1.82) is 5.26 Å². The van der Waals surface area contributed by atoms with Crippen molar-refractivity contribution in [2.24, 2.45) is 0 Å². The summed E-state index contributed by atoms with van der Waals surface area (Å²) in [4.78, 5) is 23.7. The third-order valence-electron chi connectivity index (χ3n) is 4.00. The average Bonchev–Trinajstić information content (AvgIpc) is 2.80. The van der Waals surface area contributed by atoms with Gasteiger partial charge < -0.3 is 18.9 Å². The highest BCUT2D eigenvalue weighted by Gasteiger charge is 2.12. The van der Waals surface area contributed by atoms with Gasteiger partial charge in [0.05, 0.1) is 20.8 Å². The molecular weight excluding hydrogens is 398 g/mol. The number of benzene rings is 2. The first-order valence-electron chi connectivity index (χ1n) is 9.51. The van der Waals surface area contributed by atoms with Gasteiger partial charge in [-0.1, -0.05) is 25.1 Å². The zero-order valence-corrected chi connectivity index (χ0v) is 17.6. The van der Waals surface area contributed by atoms with E-state index in [1.165, 1.54) is 32.4 Å². The van der Waals surface area contributed by atoms with E-state index in [2.05, 4.69) is 4.74 Å². The van der Waals surface area contributed by atoms with Crippen LogP contribution in [0.4, 0.5) is 0 Å². The van der Waals surface area contributed by atoms with Crippen LogP contribution >= 0.6 is 0 Å². The molecule has 0 radical (unpaired) electrons. The third kappa shape index (κ3) is 7.05. The summed E-state index contributed by atoms with van der Waals surface area (Å²) in [7, 11) is 2.61. The number of carbonyl (C=O) groups excluding carboxylic acids is 2. The van der Waals surface area contributed by atoms with E-state index < -0.39 is 11.9 Å². The highest BCUT2D eigenvalue weighted by Crippen LogP contribution is 2.29. The minimum Gasteiger partial charge on any atom is -0.494 e. The summed E-state index contributed by atoms with van der Waals surface area (Å²) < 4.78 is 20.7. The fourth-order valence-electron chi connectivity index (χ4n) is 2.47. The molecule has 2 aromatic carbocycles. The Kier molecular flexibility index (Phi) is 8.87. The molecule has 2 rings (SSSR count). The van der Waals surface area contributed by atoms with E-state index in [-0.39, 0.29) is 17.1 Å². The molecule has 7 nitrogen and oxygen atoms in total. The molecule has 0 aliphatic carbocycles. The van der Waals surface area contributed by atoms with E-state index in [9.17, 15) is 9.59 Å². The Balaban J connectivity index is 2.09. The van der Waals surface area contributed by atoms with E-state index >= 15 is 0 Å². The van der Waals surface area contributed by atoms with Gasteiger partial charge in [0.15, 0.2) is 11.5 Å². The minimum absolute atomic E-state index is 0.164. The van der Waals surface area contributed by atoms with E-state index in [0.29, 0.717) is 12.2 Å². The number of hydrogen-bond donors (Lipinski definition) is 0. The van der Waals surface area contributed by atoms with E-state index in [4.69, 9.17) is 19.5 Å². The first-order valence-corrected chi connectivity index (χ1v) is 9.51. The number of nitrogens with zero attached hydrogens (tertiary/aromatic N) is 1. The van der Waals surface area contributed by atoms with Gasteiger partial charge in [0.2, 0.25) is 0 Å². The molecule has 160 valence electrons. The lowest BCUT2D eigenvalue weighted by molar-refractivity contribution is -0.135. The molecule has 0 heterocycles. The monoisotopic (exact) mass is 421 g/mol. The molecule has 0 aliphatic rings. The molecule has 0 saturated heterocycles. The van der Waals surface area contributed by atoms with Crippen LogP contribution in [0.15, 0.2) is 54.1 Å². The van der Waals surface area contributed by atoms with Gasteiger partial charge in [-0.2, -0.15) is 5.26 Å². The summed E-state index contributed by atoms with van der Waals surface area (Å²) in [5, 5.41) is 9.06. The van der Waals surface area contributed by atoms with Gasteiger partial charge in [-0.05, 0) is 54.0 Å². The van der Waals surface area contributed by atoms with Gasteiger partial charge in [-0.3, -0.25) is 0 Å². The van der Waals surface area contributed by atoms with Gasteiger partial charge >= 0.3 is 11.9 Å². The minimum atomic E-state index is -0.743. The predicted molar refractivity (Wildman–Crippen MR) is 115 cm³/mol. The molecule has 0 aromatic heterocycles. The Morgan fingerprint density at radius 1 is 1.03 bits per heavy atom. The summed E-state index contributed by atoms with van der Waals surface area (Å²) in [5.41, 5.74) is 1.17. The number of methoxy groups -OCH3 is 2. The largest absolute Gasteiger partial charge is 0.494 e. The number of carbonyl (C=O) groups is 2. The normalized spacial score (nSPS) is 11.0. The first-order chi connectivity index (χ1) is 15.0. The van der Waals surface area contributed by atoms with Crippen molar-refractivity contribution in [3.05, 3.63) is 65.2 Å². The predicted octanol–water partition coefficient (Wildman–Crippen LogP) is 4.18. The van der Waals surface area contributed by atoms with Crippen LogP contribution in [0.5, 0.6) is 17.2 Å². The Morgan fingerprint density at radius 3 is 2.35 bits per heavy atom. The summed E-state index contributed by atoms with van der Waals surface area (Å²) in [6.45, 7) is 2.69.